The lowest BCUT2D eigenvalue weighted by molar-refractivity contribution is -0.303. The molecule has 9 unspecified atom stereocenters. The van der Waals surface area contributed by atoms with E-state index in [4.69, 9.17) is 9.47 Å². The third-order valence-corrected chi connectivity index (χ3v) is 14.8. The molecule has 0 aromatic carbocycles. The summed E-state index contributed by atoms with van der Waals surface area (Å²) in [4.78, 5) is 13.2. The maximum Gasteiger partial charge on any atom is 0.249 e. The lowest BCUT2D eigenvalue weighted by Crippen LogP contribution is -2.60. The minimum absolute atomic E-state index is 0.249. The minimum Gasteiger partial charge on any atom is -0.394 e. The van der Waals surface area contributed by atoms with Gasteiger partial charge >= 0.3 is 0 Å². The van der Waals surface area contributed by atoms with Crippen LogP contribution in [0.4, 0.5) is 0 Å². The van der Waals surface area contributed by atoms with Gasteiger partial charge in [-0.25, -0.2) is 0 Å². The lowest BCUT2D eigenvalue weighted by Gasteiger charge is -2.40. The van der Waals surface area contributed by atoms with Gasteiger partial charge in [0.25, 0.3) is 0 Å². The Morgan fingerprint density at radius 1 is 0.486 bits per heavy atom. The SMILES string of the molecule is CCCCCCCCCCC/C=C\CCCCCCC(O)C(=O)NC(COC1OC(CO)C(O)C(O)C1O)C(O)C(O)CCCCCCCCCCCCCCCCCCCCCCCCCCCC. The number of aliphatic hydroxyl groups is 7. The number of hydrogen-bond acceptors (Lipinski definition) is 10. The predicted octanol–water partition coefficient (Wildman–Crippen LogP) is 12.7. The Kier molecular flexibility index (Phi) is 46.6. The van der Waals surface area contributed by atoms with Gasteiger partial charge in [0.15, 0.2) is 6.29 Å². The van der Waals surface area contributed by atoms with E-state index >= 15 is 0 Å². The Bertz CT molecular complexity index is 1140. The van der Waals surface area contributed by atoms with Crippen LogP contribution in [0, 0.1) is 0 Å². The van der Waals surface area contributed by atoms with Crippen molar-refractivity contribution in [2.75, 3.05) is 13.2 Å². The maximum atomic E-state index is 13.2. The maximum absolute atomic E-state index is 13.2. The van der Waals surface area contributed by atoms with Gasteiger partial charge in [-0.2, -0.15) is 0 Å². The first kappa shape index (κ1) is 66.9. The Morgan fingerprint density at radius 2 is 0.829 bits per heavy atom. The van der Waals surface area contributed by atoms with Crippen molar-refractivity contribution in [1.82, 2.24) is 5.32 Å². The van der Waals surface area contributed by atoms with E-state index < -0.39 is 74.2 Å². The molecule has 1 fully saturated rings. The van der Waals surface area contributed by atoms with Crippen LogP contribution >= 0.6 is 0 Å². The number of nitrogens with one attached hydrogen (secondary N) is 1. The highest BCUT2D eigenvalue weighted by atomic mass is 16.7. The standard InChI is InChI=1S/C59H115NO10/c1-3-5-7-9-11-13-15-17-19-21-22-23-24-25-26-27-28-29-31-32-34-36-38-40-42-44-46-51(62)54(64)50(49-69-59-57(67)56(66)55(65)53(48-61)70-59)60-58(68)52(63)47-45-43-41-39-37-35-33-30-20-18-16-14-12-10-8-6-4-2/h33,35,50-57,59,61-67H,3-32,34,36-49H2,1-2H3,(H,60,68)/b35-33-. The summed E-state index contributed by atoms with van der Waals surface area (Å²) in [6.45, 7) is 3.49. The Labute approximate surface area is 430 Å². The second-order valence-electron chi connectivity index (χ2n) is 21.4. The number of amides is 1. The molecule has 0 spiro atoms. The zero-order valence-electron chi connectivity index (χ0n) is 45.5. The average molecular weight is 999 g/mol. The molecule has 0 bridgehead atoms. The number of allylic oxidation sites excluding steroid dienone is 2. The summed E-state index contributed by atoms with van der Waals surface area (Å²) in [5.74, 6) is -0.701. The fraction of sp³-hybridized carbons (Fsp3) is 0.949. The van der Waals surface area contributed by atoms with Gasteiger partial charge in [0.05, 0.1) is 25.4 Å². The second-order valence-corrected chi connectivity index (χ2v) is 21.4. The minimum atomic E-state index is -1.66. The molecule has 1 amide bonds. The van der Waals surface area contributed by atoms with Crippen molar-refractivity contribution in [2.24, 2.45) is 0 Å². The Hall–Kier alpha value is -1.15. The van der Waals surface area contributed by atoms with E-state index in [-0.39, 0.29) is 6.42 Å². The quantitative estimate of drug-likeness (QED) is 0.0215. The third-order valence-electron chi connectivity index (χ3n) is 14.8. The van der Waals surface area contributed by atoms with Crippen molar-refractivity contribution in [1.29, 1.82) is 0 Å². The highest BCUT2D eigenvalue weighted by Gasteiger charge is 2.44. The molecule has 11 heteroatoms. The number of rotatable bonds is 52. The zero-order valence-corrected chi connectivity index (χ0v) is 45.5. The summed E-state index contributed by atoms with van der Waals surface area (Å²) in [6.07, 6.45) is 45.5. The van der Waals surface area contributed by atoms with E-state index in [2.05, 4.69) is 31.3 Å². The topological polar surface area (TPSA) is 189 Å². The first-order valence-electron chi connectivity index (χ1n) is 30.1. The molecule has 9 atom stereocenters. The van der Waals surface area contributed by atoms with Crippen LogP contribution in [-0.4, -0.2) is 110 Å². The fourth-order valence-electron chi connectivity index (χ4n) is 9.91. The van der Waals surface area contributed by atoms with E-state index in [0.717, 1.165) is 51.4 Å². The van der Waals surface area contributed by atoms with Crippen LogP contribution in [0.5, 0.6) is 0 Å². The van der Waals surface area contributed by atoms with Crippen LogP contribution in [0.15, 0.2) is 12.2 Å². The molecule has 11 nitrogen and oxygen atoms in total. The third kappa shape index (κ3) is 36.7. The molecule has 1 saturated heterocycles. The Morgan fingerprint density at radius 3 is 1.20 bits per heavy atom. The number of carbonyl (C=O) groups is 1. The van der Waals surface area contributed by atoms with Crippen LogP contribution < -0.4 is 5.32 Å². The van der Waals surface area contributed by atoms with E-state index in [1.165, 1.54) is 199 Å². The molecule has 1 aliphatic rings. The van der Waals surface area contributed by atoms with Crippen LogP contribution in [0.3, 0.4) is 0 Å². The second kappa shape index (κ2) is 48.8. The van der Waals surface area contributed by atoms with Crippen molar-refractivity contribution >= 4 is 5.91 Å². The van der Waals surface area contributed by atoms with Gasteiger partial charge < -0.3 is 50.5 Å². The highest BCUT2D eigenvalue weighted by Crippen LogP contribution is 2.24. The number of carbonyl (C=O) groups excluding carboxylic acids is 1. The molecule has 416 valence electrons. The number of ether oxygens (including phenoxy) is 2. The smallest absolute Gasteiger partial charge is 0.249 e. The van der Waals surface area contributed by atoms with Gasteiger partial charge in [0.2, 0.25) is 5.91 Å². The number of hydrogen-bond donors (Lipinski definition) is 8. The van der Waals surface area contributed by atoms with Gasteiger partial charge in [0.1, 0.15) is 36.6 Å². The summed E-state index contributed by atoms with van der Waals surface area (Å²) < 4.78 is 11.2. The summed E-state index contributed by atoms with van der Waals surface area (Å²) in [6, 6.07) is -1.17. The summed E-state index contributed by atoms with van der Waals surface area (Å²) in [5.41, 5.74) is 0. The van der Waals surface area contributed by atoms with Gasteiger partial charge in [0, 0.05) is 0 Å². The lowest BCUT2D eigenvalue weighted by atomic mass is 9.98. The monoisotopic (exact) mass is 998 g/mol. The molecule has 1 rings (SSSR count). The van der Waals surface area contributed by atoms with Crippen molar-refractivity contribution in [3.05, 3.63) is 12.2 Å². The van der Waals surface area contributed by atoms with E-state index in [9.17, 15) is 40.5 Å². The van der Waals surface area contributed by atoms with E-state index in [1.807, 2.05) is 0 Å². The molecule has 70 heavy (non-hydrogen) atoms. The zero-order chi connectivity index (χ0) is 51.1. The first-order valence-corrected chi connectivity index (χ1v) is 30.1. The number of aliphatic hydroxyl groups excluding tert-OH is 7. The van der Waals surface area contributed by atoms with Gasteiger partial charge in [-0.1, -0.05) is 264 Å². The molecule has 0 radical (unpaired) electrons. The van der Waals surface area contributed by atoms with E-state index in [1.54, 1.807) is 0 Å². The molecule has 0 aromatic heterocycles. The van der Waals surface area contributed by atoms with Gasteiger partial charge in [-0.3, -0.25) is 4.79 Å². The molecule has 0 aromatic rings. The molecule has 0 saturated carbocycles. The predicted molar refractivity (Wildman–Crippen MR) is 289 cm³/mol. The summed E-state index contributed by atoms with van der Waals surface area (Å²) in [7, 11) is 0. The van der Waals surface area contributed by atoms with Crippen molar-refractivity contribution in [3.8, 4) is 0 Å². The van der Waals surface area contributed by atoms with Crippen LogP contribution in [0.1, 0.15) is 290 Å². The van der Waals surface area contributed by atoms with Gasteiger partial charge in [-0.05, 0) is 38.5 Å². The molecule has 8 N–H and O–H groups in total. The summed E-state index contributed by atoms with van der Waals surface area (Å²) in [5, 5.41) is 76.2. The molecule has 1 heterocycles. The van der Waals surface area contributed by atoms with Crippen LogP contribution in [0.2, 0.25) is 0 Å². The molecular weight excluding hydrogens is 883 g/mol. The van der Waals surface area contributed by atoms with Crippen molar-refractivity contribution in [3.63, 3.8) is 0 Å². The summed E-state index contributed by atoms with van der Waals surface area (Å²) >= 11 is 0. The first-order chi connectivity index (χ1) is 34.2. The normalized spacial score (nSPS) is 20.3. The van der Waals surface area contributed by atoms with Crippen molar-refractivity contribution in [2.45, 2.75) is 345 Å². The fourth-order valence-corrected chi connectivity index (χ4v) is 9.91. The van der Waals surface area contributed by atoms with Crippen molar-refractivity contribution < 1.29 is 50.0 Å². The highest BCUT2D eigenvalue weighted by molar-refractivity contribution is 5.80. The molecule has 1 aliphatic heterocycles. The molecule has 0 aliphatic carbocycles. The van der Waals surface area contributed by atoms with Crippen LogP contribution in [0.25, 0.3) is 0 Å². The largest absolute Gasteiger partial charge is 0.394 e. The van der Waals surface area contributed by atoms with Gasteiger partial charge in [-0.15, -0.1) is 0 Å². The number of unbranched alkanes of at least 4 members (excludes halogenated alkanes) is 38. The molecular formula is C59H115NO10. The van der Waals surface area contributed by atoms with E-state index in [0.29, 0.717) is 19.3 Å². The van der Waals surface area contributed by atoms with Crippen LogP contribution in [-0.2, 0) is 14.3 Å². The Balaban J connectivity index is 2.27. The average Bonchev–Trinajstić information content (AvgIpc) is 3.36.